The largest absolute Gasteiger partial charge is 0.497 e. The zero-order chi connectivity index (χ0) is 21.4. The molecule has 9 nitrogen and oxygen atoms in total. The number of hydrogen-bond donors (Lipinski definition) is 1. The fourth-order valence-corrected chi connectivity index (χ4v) is 3.51. The average molecular weight is 407 g/mol. The molecule has 0 unspecified atom stereocenters. The van der Waals surface area contributed by atoms with Crippen LogP contribution >= 0.6 is 0 Å². The van der Waals surface area contributed by atoms with Gasteiger partial charge in [-0.15, -0.1) is 0 Å². The van der Waals surface area contributed by atoms with Crippen molar-refractivity contribution in [3.8, 4) is 5.75 Å². The van der Waals surface area contributed by atoms with Crippen molar-refractivity contribution in [3.05, 3.63) is 53.6 Å². The molecule has 2 aromatic carbocycles. The molecule has 0 aromatic heterocycles. The summed E-state index contributed by atoms with van der Waals surface area (Å²) in [4.78, 5) is 39.3. The van der Waals surface area contributed by atoms with E-state index < -0.39 is 23.9 Å². The number of carbonyl (C=O) groups excluding carboxylic acids is 3. The Morgan fingerprint density at radius 2 is 1.80 bits per heavy atom. The van der Waals surface area contributed by atoms with Gasteiger partial charge in [-0.25, -0.2) is 4.90 Å². The van der Waals surface area contributed by atoms with E-state index in [4.69, 9.17) is 4.74 Å². The van der Waals surface area contributed by atoms with Crippen LogP contribution < -0.4 is 15.0 Å². The standard InChI is InChI=1S/C21H21N5O4/c1-12-4-5-14(10-13(12)2)22-17(27)11-25-19-18(23-24-25)20(28)26(21(19)29)15-6-8-16(30-3)9-7-15/h4-10,18-19H,11H2,1-3H3,(H,22,27)/t18-,19+/m0/s1. The highest BCUT2D eigenvalue weighted by Gasteiger charge is 2.55. The number of nitrogens with zero attached hydrogens (tertiary/aromatic N) is 4. The Kier molecular flexibility index (Phi) is 4.94. The molecule has 0 aliphatic carbocycles. The lowest BCUT2D eigenvalue weighted by molar-refractivity contribution is -0.123. The monoisotopic (exact) mass is 407 g/mol. The molecule has 2 aliphatic heterocycles. The Morgan fingerprint density at radius 3 is 2.47 bits per heavy atom. The van der Waals surface area contributed by atoms with Crippen LogP contribution in [-0.2, 0) is 14.4 Å². The van der Waals surface area contributed by atoms with Crippen LogP contribution in [-0.4, -0.2) is 48.5 Å². The smallest absolute Gasteiger partial charge is 0.263 e. The number of amides is 3. The van der Waals surface area contributed by atoms with Gasteiger partial charge in [0.2, 0.25) is 5.91 Å². The van der Waals surface area contributed by atoms with Gasteiger partial charge in [0.25, 0.3) is 11.8 Å². The van der Waals surface area contributed by atoms with Crippen LogP contribution in [0.25, 0.3) is 0 Å². The lowest BCUT2D eigenvalue weighted by Crippen LogP contribution is -2.43. The second kappa shape index (κ2) is 7.58. The molecule has 2 atom stereocenters. The number of rotatable bonds is 5. The first kappa shape index (κ1) is 19.6. The summed E-state index contributed by atoms with van der Waals surface area (Å²) in [7, 11) is 1.53. The number of aryl methyl sites for hydroxylation is 2. The maximum Gasteiger partial charge on any atom is 0.263 e. The molecule has 0 radical (unpaired) electrons. The van der Waals surface area contributed by atoms with Crippen LogP contribution in [0.1, 0.15) is 11.1 Å². The second-order valence-corrected chi connectivity index (χ2v) is 7.25. The summed E-state index contributed by atoms with van der Waals surface area (Å²) in [6.07, 6.45) is 0. The van der Waals surface area contributed by atoms with Crippen LogP contribution in [0.3, 0.4) is 0 Å². The first-order chi connectivity index (χ1) is 14.4. The molecule has 1 N–H and O–H groups in total. The molecule has 0 spiro atoms. The predicted molar refractivity (Wildman–Crippen MR) is 109 cm³/mol. The summed E-state index contributed by atoms with van der Waals surface area (Å²) in [5.41, 5.74) is 3.26. The topological polar surface area (TPSA) is 104 Å². The van der Waals surface area contributed by atoms with Gasteiger partial charge < -0.3 is 10.1 Å². The molecule has 4 rings (SSSR count). The van der Waals surface area contributed by atoms with Crippen LogP contribution in [0.5, 0.6) is 5.75 Å². The first-order valence-corrected chi connectivity index (χ1v) is 9.45. The third-order valence-electron chi connectivity index (χ3n) is 5.28. The lowest BCUT2D eigenvalue weighted by Gasteiger charge is -2.20. The van der Waals surface area contributed by atoms with E-state index in [0.29, 0.717) is 17.1 Å². The van der Waals surface area contributed by atoms with Gasteiger partial charge in [0.05, 0.1) is 12.8 Å². The predicted octanol–water partition coefficient (Wildman–Crippen LogP) is 2.24. The number of fused-ring (bicyclic) bond motifs is 1. The number of hydrogen-bond acceptors (Lipinski definition) is 7. The summed E-state index contributed by atoms with van der Waals surface area (Å²) in [6, 6.07) is 10.3. The second-order valence-electron chi connectivity index (χ2n) is 7.25. The minimum atomic E-state index is -0.950. The SMILES string of the molecule is COc1ccc(N2C(=O)[C@H]3N=NN(CC(=O)Nc4ccc(C)c(C)c4)[C@H]3C2=O)cc1. The Labute approximate surface area is 173 Å². The molecule has 2 heterocycles. The summed E-state index contributed by atoms with van der Waals surface area (Å²) >= 11 is 0. The number of methoxy groups -OCH3 is 1. The van der Waals surface area contributed by atoms with Crippen LogP contribution in [0.15, 0.2) is 52.8 Å². The molecular weight excluding hydrogens is 386 g/mol. The number of nitrogens with one attached hydrogen (secondary N) is 1. The fourth-order valence-electron chi connectivity index (χ4n) is 3.51. The van der Waals surface area contributed by atoms with Crippen LogP contribution in [0.2, 0.25) is 0 Å². The van der Waals surface area contributed by atoms with E-state index in [0.717, 1.165) is 16.0 Å². The number of anilines is 2. The van der Waals surface area contributed by atoms with Gasteiger partial charge in [0.1, 0.15) is 12.3 Å². The van der Waals surface area contributed by atoms with Crippen molar-refractivity contribution < 1.29 is 19.1 Å². The van der Waals surface area contributed by atoms with Crippen molar-refractivity contribution >= 4 is 29.1 Å². The first-order valence-electron chi connectivity index (χ1n) is 9.45. The summed E-state index contributed by atoms with van der Waals surface area (Å²) < 4.78 is 5.11. The van der Waals surface area contributed by atoms with E-state index in [2.05, 4.69) is 15.7 Å². The summed E-state index contributed by atoms with van der Waals surface area (Å²) in [6.45, 7) is 3.76. The van der Waals surface area contributed by atoms with Gasteiger partial charge in [0, 0.05) is 5.69 Å². The molecule has 3 amide bonds. The van der Waals surface area contributed by atoms with Crippen molar-refractivity contribution in [3.63, 3.8) is 0 Å². The van der Waals surface area contributed by atoms with E-state index in [9.17, 15) is 14.4 Å². The van der Waals surface area contributed by atoms with Crippen molar-refractivity contribution in [1.29, 1.82) is 0 Å². The van der Waals surface area contributed by atoms with E-state index in [1.54, 1.807) is 24.3 Å². The zero-order valence-electron chi connectivity index (χ0n) is 16.8. The minimum Gasteiger partial charge on any atom is -0.497 e. The molecule has 30 heavy (non-hydrogen) atoms. The molecular formula is C21H21N5O4. The number of ether oxygens (including phenoxy) is 1. The average Bonchev–Trinajstić information content (AvgIpc) is 3.24. The molecule has 1 saturated heterocycles. The molecule has 1 fully saturated rings. The van der Waals surface area contributed by atoms with Gasteiger partial charge in [-0.05, 0) is 61.4 Å². The highest BCUT2D eigenvalue weighted by molar-refractivity contribution is 6.25. The normalized spacial score (nSPS) is 20.0. The van der Waals surface area contributed by atoms with E-state index >= 15 is 0 Å². The maximum atomic E-state index is 13.0. The number of imide groups is 1. The van der Waals surface area contributed by atoms with Gasteiger partial charge in [-0.2, -0.15) is 5.11 Å². The van der Waals surface area contributed by atoms with Gasteiger partial charge in [0.15, 0.2) is 12.1 Å². The number of benzene rings is 2. The molecule has 0 bridgehead atoms. The fraction of sp³-hybridized carbons (Fsp3) is 0.286. The van der Waals surface area contributed by atoms with E-state index in [1.165, 1.54) is 12.1 Å². The van der Waals surface area contributed by atoms with Gasteiger partial charge in [-0.1, -0.05) is 11.3 Å². The quantitative estimate of drug-likeness (QED) is 0.766. The van der Waals surface area contributed by atoms with Crippen LogP contribution in [0, 0.1) is 13.8 Å². The summed E-state index contributed by atoms with van der Waals surface area (Å²) in [5.74, 6) is -0.654. The molecule has 2 aromatic rings. The Hall–Kier alpha value is -3.75. The highest BCUT2D eigenvalue weighted by Crippen LogP contribution is 2.32. The lowest BCUT2D eigenvalue weighted by atomic mass is 10.1. The Balaban J connectivity index is 1.47. The minimum absolute atomic E-state index is 0.187. The number of carbonyl (C=O) groups is 3. The van der Waals surface area contributed by atoms with Crippen molar-refractivity contribution in [2.75, 3.05) is 23.9 Å². The van der Waals surface area contributed by atoms with E-state index in [1.807, 2.05) is 32.0 Å². The third kappa shape index (κ3) is 3.38. The van der Waals surface area contributed by atoms with E-state index in [-0.39, 0.29) is 12.5 Å². The maximum absolute atomic E-state index is 13.0. The summed E-state index contributed by atoms with van der Waals surface area (Å²) in [5, 5.41) is 11.9. The van der Waals surface area contributed by atoms with Crippen molar-refractivity contribution in [2.45, 2.75) is 25.9 Å². The third-order valence-corrected chi connectivity index (χ3v) is 5.28. The van der Waals surface area contributed by atoms with Crippen molar-refractivity contribution in [2.24, 2.45) is 10.3 Å². The zero-order valence-corrected chi connectivity index (χ0v) is 16.8. The Morgan fingerprint density at radius 1 is 1.07 bits per heavy atom. The van der Waals surface area contributed by atoms with Crippen LogP contribution in [0.4, 0.5) is 11.4 Å². The Bertz CT molecular complexity index is 1050. The molecule has 0 saturated carbocycles. The van der Waals surface area contributed by atoms with Gasteiger partial charge in [-0.3, -0.25) is 19.4 Å². The highest BCUT2D eigenvalue weighted by atomic mass is 16.5. The molecule has 154 valence electrons. The molecule has 2 aliphatic rings. The van der Waals surface area contributed by atoms with Crippen molar-refractivity contribution in [1.82, 2.24) is 5.01 Å². The molecule has 9 heteroatoms. The van der Waals surface area contributed by atoms with Gasteiger partial charge >= 0.3 is 0 Å².